The molecule has 0 amide bonds. The minimum Gasteiger partial charge on any atom is -0.492 e. The SMILES string of the molecule is CN(C)c1ncc(-c2cnn(C)c2)c(C2CCCN(CCOc3ccc(F)cc3)C2)n1. The van der Waals surface area contributed by atoms with Crippen LogP contribution in [0.15, 0.2) is 42.9 Å². The molecule has 0 bridgehead atoms. The molecule has 1 aromatic carbocycles. The lowest BCUT2D eigenvalue weighted by molar-refractivity contribution is 0.169. The predicted octanol–water partition coefficient (Wildman–Crippen LogP) is 3.34. The number of aryl methyl sites for hydroxylation is 1. The van der Waals surface area contributed by atoms with E-state index >= 15 is 0 Å². The highest BCUT2D eigenvalue weighted by Gasteiger charge is 2.26. The number of anilines is 1. The number of hydrogen-bond acceptors (Lipinski definition) is 6. The van der Waals surface area contributed by atoms with Crippen LogP contribution in [-0.2, 0) is 7.05 Å². The first-order chi connectivity index (χ1) is 15.0. The molecular formula is C23H29FN6O. The van der Waals surface area contributed by atoms with E-state index in [0.29, 0.717) is 18.3 Å². The van der Waals surface area contributed by atoms with Gasteiger partial charge in [-0.2, -0.15) is 5.10 Å². The average molecular weight is 425 g/mol. The summed E-state index contributed by atoms with van der Waals surface area (Å²) in [6.07, 6.45) is 8.00. The smallest absolute Gasteiger partial charge is 0.225 e. The standard InChI is InChI=1S/C23H29FN6O/c1-28(2)23-25-14-21(18-13-26-29(3)15-18)22(27-23)17-5-4-10-30(16-17)11-12-31-20-8-6-19(24)7-9-20/h6-9,13-15,17H,4-5,10-12,16H2,1-3H3. The largest absolute Gasteiger partial charge is 0.492 e. The van der Waals surface area contributed by atoms with Crippen molar-refractivity contribution in [2.24, 2.45) is 7.05 Å². The highest BCUT2D eigenvalue weighted by molar-refractivity contribution is 5.65. The van der Waals surface area contributed by atoms with Crippen LogP contribution >= 0.6 is 0 Å². The molecule has 164 valence electrons. The van der Waals surface area contributed by atoms with E-state index < -0.39 is 0 Å². The fraction of sp³-hybridized carbons (Fsp3) is 0.435. The van der Waals surface area contributed by atoms with Crippen molar-refractivity contribution >= 4 is 5.95 Å². The minimum atomic E-state index is -0.252. The van der Waals surface area contributed by atoms with E-state index in [2.05, 4.69) is 15.0 Å². The van der Waals surface area contributed by atoms with Crippen LogP contribution in [0.1, 0.15) is 24.5 Å². The van der Waals surface area contributed by atoms with Gasteiger partial charge in [0.2, 0.25) is 5.95 Å². The second kappa shape index (κ2) is 9.43. The molecule has 1 aliphatic heterocycles. The van der Waals surface area contributed by atoms with Gasteiger partial charge in [-0.15, -0.1) is 0 Å². The summed E-state index contributed by atoms with van der Waals surface area (Å²) in [5.41, 5.74) is 3.17. The zero-order chi connectivity index (χ0) is 21.8. The maximum Gasteiger partial charge on any atom is 0.225 e. The first kappa shape index (κ1) is 21.2. The van der Waals surface area contributed by atoms with E-state index in [0.717, 1.165) is 55.2 Å². The number of nitrogens with zero attached hydrogens (tertiary/aromatic N) is 6. The molecule has 3 aromatic rings. The monoisotopic (exact) mass is 424 g/mol. The van der Waals surface area contributed by atoms with Gasteiger partial charge in [0.1, 0.15) is 18.2 Å². The van der Waals surface area contributed by atoms with Gasteiger partial charge in [-0.3, -0.25) is 9.58 Å². The summed E-state index contributed by atoms with van der Waals surface area (Å²) in [6, 6.07) is 6.17. The fourth-order valence-electron chi connectivity index (χ4n) is 4.00. The van der Waals surface area contributed by atoms with Gasteiger partial charge in [-0.05, 0) is 43.7 Å². The van der Waals surface area contributed by atoms with Crippen molar-refractivity contribution in [2.45, 2.75) is 18.8 Å². The van der Waals surface area contributed by atoms with Crippen LogP contribution in [0.5, 0.6) is 5.75 Å². The summed E-state index contributed by atoms with van der Waals surface area (Å²) in [5, 5.41) is 4.33. The lowest BCUT2D eigenvalue weighted by Gasteiger charge is -2.33. The van der Waals surface area contributed by atoms with Crippen LogP contribution in [-0.4, -0.2) is 65.0 Å². The third-order valence-electron chi connectivity index (χ3n) is 5.60. The number of hydrogen-bond donors (Lipinski definition) is 0. The Morgan fingerprint density at radius 2 is 2.00 bits per heavy atom. The number of halogens is 1. The van der Waals surface area contributed by atoms with Crippen molar-refractivity contribution in [1.29, 1.82) is 0 Å². The lowest BCUT2D eigenvalue weighted by atomic mass is 9.90. The van der Waals surface area contributed by atoms with Crippen LogP contribution in [0.4, 0.5) is 10.3 Å². The maximum atomic E-state index is 13.1. The van der Waals surface area contributed by atoms with Crippen molar-refractivity contribution in [1.82, 2.24) is 24.6 Å². The highest BCUT2D eigenvalue weighted by Crippen LogP contribution is 2.33. The molecule has 1 unspecified atom stereocenters. The van der Waals surface area contributed by atoms with Crippen molar-refractivity contribution in [3.63, 3.8) is 0 Å². The van der Waals surface area contributed by atoms with Gasteiger partial charge in [0, 0.05) is 63.7 Å². The summed E-state index contributed by atoms with van der Waals surface area (Å²) < 4.78 is 20.7. The molecule has 0 saturated carbocycles. The second-order valence-electron chi connectivity index (χ2n) is 8.21. The van der Waals surface area contributed by atoms with Gasteiger partial charge < -0.3 is 9.64 Å². The third-order valence-corrected chi connectivity index (χ3v) is 5.60. The molecule has 0 radical (unpaired) electrons. The number of rotatable bonds is 7. The van der Waals surface area contributed by atoms with Crippen LogP contribution in [0.2, 0.25) is 0 Å². The van der Waals surface area contributed by atoms with Crippen molar-refractivity contribution in [3.8, 4) is 16.9 Å². The van der Waals surface area contributed by atoms with Gasteiger partial charge in [0.25, 0.3) is 0 Å². The van der Waals surface area contributed by atoms with Crippen molar-refractivity contribution < 1.29 is 9.13 Å². The van der Waals surface area contributed by atoms with Crippen molar-refractivity contribution in [3.05, 3.63) is 54.4 Å². The zero-order valence-corrected chi connectivity index (χ0v) is 18.3. The van der Waals surface area contributed by atoms with Gasteiger partial charge in [0.05, 0.1) is 11.9 Å². The molecule has 1 fully saturated rings. The fourth-order valence-corrected chi connectivity index (χ4v) is 4.00. The quantitative estimate of drug-likeness (QED) is 0.580. The molecule has 1 saturated heterocycles. The van der Waals surface area contributed by atoms with E-state index in [1.165, 1.54) is 12.1 Å². The molecule has 3 heterocycles. The molecule has 0 spiro atoms. The Morgan fingerprint density at radius 1 is 1.19 bits per heavy atom. The van der Waals surface area contributed by atoms with E-state index in [4.69, 9.17) is 9.72 Å². The molecule has 4 rings (SSSR count). The normalized spacial score (nSPS) is 17.0. The topological polar surface area (TPSA) is 59.3 Å². The summed E-state index contributed by atoms with van der Waals surface area (Å²) in [5.74, 6) is 1.48. The Kier molecular flexibility index (Phi) is 6.46. The number of ether oxygens (including phenoxy) is 1. The Balaban J connectivity index is 1.47. The third kappa shape index (κ3) is 5.19. The summed E-state index contributed by atoms with van der Waals surface area (Å²) >= 11 is 0. The summed E-state index contributed by atoms with van der Waals surface area (Å²) in [7, 11) is 5.84. The Bertz CT molecular complexity index is 1000. The van der Waals surface area contributed by atoms with Gasteiger partial charge in [-0.25, -0.2) is 14.4 Å². The summed E-state index contributed by atoms with van der Waals surface area (Å²) in [6.45, 7) is 3.35. The number of benzene rings is 1. The Morgan fingerprint density at radius 3 is 2.71 bits per heavy atom. The van der Waals surface area contributed by atoms with E-state index in [1.807, 2.05) is 44.6 Å². The van der Waals surface area contributed by atoms with E-state index in [-0.39, 0.29) is 5.82 Å². The maximum absolute atomic E-state index is 13.1. The molecule has 1 atom stereocenters. The first-order valence-corrected chi connectivity index (χ1v) is 10.6. The number of piperidine rings is 1. The van der Waals surface area contributed by atoms with Crippen LogP contribution in [0.25, 0.3) is 11.1 Å². The number of likely N-dealkylation sites (tertiary alicyclic amines) is 1. The zero-order valence-electron chi connectivity index (χ0n) is 18.3. The molecule has 7 nitrogen and oxygen atoms in total. The molecule has 1 aliphatic rings. The highest BCUT2D eigenvalue weighted by atomic mass is 19.1. The number of aromatic nitrogens is 4. The van der Waals surface area contributed by atoms with Gasteiger partial charge in [-0.1, -0.05) is 0 Å². The Labute approximate surface area is 182 Å². The predicted molar refractivity (Wildman–Crippen MR) is 119 cm³/mol. The lowest BCUT2D eigenvalue weighted by Crippen LogP contribution is -2.37. The van der Waals surface area contributed by atoms with Gasteiger partial charge in [0.15, 0.2) is 0 Å². The molecule has 2 aromatic heterocycles. The average Bonchev–Trinajstić information content (AvgIpc) is 3.21. The van der Waals surface area contributed by atoms with Gasteiger partial charge >= 0.3 is 0 Å². The summed E-state index contributed by atoms with van der Waals surface area (Å²) in [4.78, 5) is 13.8. The van der Waals surface area contributed by atoms with E-state index in [9.17, 15) is 4.39 Å². The molecule has 0 N–H and O–H groups in total. The van der Waals surface area contributed by atoms with Crippen LogP contribution < -0.4 is 9.64 Å². The van der Waals surface area contributed by atoms with Crippen LogP contribution in [0, 0.1) is 5.82 Å². The molecular weight excluding hydrogens is 395 g/mol. The van der Waals surface area contributed by atoms with Crippen LogP contribution in [0.3, 0.4) is 0 Å². The minimum absolute atomic E-state index is 0.252. The Hall–Kier alpha value is -3.00. The van der Waals surface area contributed by atoms with Crippen molar-refractivity contribution in [2.75, 3.05) is 45.2 Å². The first-order valence-electron chi connectivity index (χ1n) is 10.6. The van der Waals surface area contributed by atoms with E-state index in [1.54, 1.807) is 16.8 Å². The molecule has 8 heteroatoms. The second-order valence-corrected chi connectivity index (χ2v) is 8.21. The molecule has 0 aliphatic carbocycles. The molecule has 31 heavy (non-hydrogen) atoms.